The Bertz CT molecular complexity index is 886. The van der Waals surface area contributed by atoms with Gasteiger partial charge in [0, 0.05) is 19.6 Å². The smallest absolute Gasteiger partial charge is 0.352 e. The van der Waals surface area contributed by atoms with Gasteiger partial charge in [0.2, 0.25) is 5.91 Å². The van der Waals surface area contributed by atoms with Crippen molar-refractivity contribution in [1.29, 1.82) is 0 Å². The van der Waals surface area contributed by atoms with Gasteiger partial charge in [-0.25, -0.2) is 4.79 Å². The standard InChI is InChI=1S/C23H32N2O5Si/c1-15(30-31(2,3)4)20-19-13-18(21(23(27)28)25(19)22(20)26)17-7-5-16(6-8-17)14-24-9-11-29-12-10-24/h5-8,15,19-20H,9-14H2,1-4H3,(H,27,28)/t15-,19-,20-/m1/s1. The van der Waals surface area contributed by atoms with Gasteiger partial charge in [-0.15, -0.1) is 0 Å². The van der Waals surface area contributed by atoms with E-state index in [0.29, 0.717) is 6.42 Å². The van der Waals surface area contributed by atoms with Crippen LogP contribution in [0.25, 0.3) is 5.57 Å². The summed E-state index contributed by atoms with van der Waals surface area (Å²) in [5.74, 6) is -1.45. The lowest BCUT2D eigenvalue weighted by Crippen LogP contribution is -2.63. The minimum absolute atomic E-state index is 0.132. The van der Waals surface area contributed by atoms with Crippen molar-refractivity contribution < 1.29 is 23.9 Å². The first-order chi connectivity index (χ1) is 14.7. The molecule has 0 aromatic heterocycles. The lowest BCUT2D eigenvalue weighted by atomic mass is 9.82. The zero-order valence-electron chi connectivity index (χ0n) is 18.8. The molecule has 0 spiro atoms. The van der Waals surface area contributed by atoms with Crippen molar-refractivity contribution in [2.24, 2.45) is 5.92 Å². The number of carbonyl (C=O) groups is 2. The molecule has 3 aliphatic rings. The molecule has 3 atom stereocenters. The van der Waals surface area contributed by atoms with Crippen molar-refractivity contribution in [3.63, 3.8) is 0 Å². The second kappa shape index (κ2) is 8.50. The Balaban J connectivity index is 1.51. The van der Waals surface area contributed by atoms with Crippen LogP contribution in [0.1, 0.15) is 24.5 Å². The number of hydrogen-bond donors (Lipinski definition) is 1. The van der Waals surface area contributed by atoms with Crippen LogP contribution >= 0.6 is 0 Å². The molecule has 0 radical (unpaired) electrons. The molecule has 2 saturated heterocycles. The SMILES string of the molecule is C[C@@H](O[Si](C)(C)C)[C@H]1C(=O)N2C(C(=O)O)=C(c3ccc(CN4CCOCC4)cc3)C[C@H]12. The summed E-state index contributed by atoms with van der Waals surface area (Å²) >= 11 is 0. The summed E-state index contributed by atoms with van der Waals surface area (Å²) in [5, 5.41) is 9.87. The van der Waals surface area contributed by atoms with Crippen LogP contribution in [-0.4, -0.2) is 73.5 Å². The van der Waals surface area contributed by atoms with E-state index in [1.807, 2.05) is 19.1 Å². The number of carboxylic acids is 1. The van der Waals surface area contributed by atoms with Crippen molar-refractivity contribution in [1.82, 2.24) is 9.80 Å². The van der Waals surface area contributed by atoms with Gasteiger partial charge in [0.1, 0.15) is 5.70 Å². The first kappa shape index (κ1) is 22.2. The van der Waals surface area contributed by atoms with E-state index < -0.39 is 14.3 Å². The maximum absolute atomic E-state index is 12.9. The van der Waals surface area contributed by atoms with E-state index in [0.717, 1.165) is 44.0 Å². The summed E-state index contributed by atoms with van der Waals surface area (Å²) in [6.45, 7) is 12.5. The van der Waals surface area contributed by atoms with Gasteiger partial charge in [-0.2, -0.15) is 0 Å². The summed E-state index contributed by atoms with van der Waals surface area (Å²) in [5.41, 5.74) is 2.94. The molecule has 0 bridgehead atoms. The molecule has 1 aromatic rings. The molecule has 1 amide bonds. The summed E-state index contributed by atoms with van der Waals surface area (Å²) in [6.07, 6.45) is 0.353. The maximum atomic E-state index is 12.9. The van der Waals surface area contributed by atoms with E-state index >= 15 is 0 Å². The Hall–Kier alpha value is -2.00. The quantitative estimate of drug-likeness (QED) is 0.515. The molecule has 3 aliphatic heterocycles. The number of amides is 1. The van der Waals surface area contributed by atoms with Crippen molar-refractivity contribution in [3.8, 4) is 0 Å². The maximum Gasteiger partial charge on any atom is 0.352 e. The van der Waals surface area contributed by atoms with Gasteiger partial charge in [-0.05, 0) is 49.7 Å². The van der Waals surface area contributed by atoms with Crippen molar-refractivity contribution in [3.05, 3.63) is 41.1 Å². The average molecular weight is 445 g/mol. The van der Waals surface area contributed by atoms with Crippen LogP contribution in [0, 0.1) is 5.92 Å². The second-order valence-corrected chi connectivity index (χ2v) is 14.1. The fourth-order valence-corrected chi connectivity index (χ4v) is 6.23. The van der Waals surface area contributed by atoms with Crippen molar-refractivity contribution in [2.75, 3.05) is 26.3 Å². The molecule has 3 heterocycles. The van der Waals surface area contributed by atoms with Crippen LogP contribution in [0.15, 0.2) is 30.0 Å². The lowest BCUT2D eigenvalue weighted by Gasteiger charge is -2.47. The zero-order valence-corrected chi connectivity index (χ0v) is 19.8. The number of carboxylic acid groups (broad SMARTS) is 1. The topological polar surface area (TPSA) is 79.3 Å². The van der Waals surface area contributed by atoms with Gasteiger partial charge in [0.25, 0.3) is 0 Å². The number of ether oxygens (including phenoxy) is 1. The molecule has 1 aromatic carbocycles. The fraction of sp³-hybridized carbons (Fsp3) is 0.565. The highest BCUT2D eigenvalue weighted by molar-refractivity contribution is 6.69. The van der Waals surface area contributed by atoms with Crippen molar-refractivity contribution in [2.45, 2.75) is 51.7 Å². The van der Waals surface area contributed by atoms with E-state index in [9.17, 15) is 14.7 Å². The predicted octanol–water partition coefficient (Wildman–Crippen LogP) is 2.79. The van der Waals surface area contributed by atoms with Gasteiger partial charge in [0.05, 0.1) is 31.3 Å². The third kappa shape index (κ3) is 4.48. The average Bonchev–Trinajstić information content (AvgIpc) is 3.03. The highest BCUT2D eigenvalue weighted by Gasteiger charge is 2.57. The summed E-state index contributed by atoms with van der Waals surface area (Å²) in [7, 11) is -1.80. The van der Waals surface area contributed by atoms with E-state index in [4.69, 9.17) is 9.16 Å². The minimum Gasteiger partial charge on any atom is -0.477 e. The van der Waals surface area contributed by atoms with Crippen LogP contribution in [0.3, 0.4) is 0 Å². The Morgan fingerprint density at radius 2 is 1.87 bits per heavy atom. The van der Waals surface area contributed by atoms with Gasteiger partial charge >= 0.3 is 5.97 Å². The molecule has 0 saturated carbocycles. The predicted molar refractivity (Wildman–Crippen MR) is 120 cm³/mol. The molecule has 8 heteroatoms. The Morgan fingerprint density at radius 1 is 1.23 bits per heavy atom. The third-order valence-corrected chi connectivity index (χ3v) is 7.35. The molecule has 0 unspecified atom stereocenters. The van der Waals surface area contributed by atoms with Gasteiger partial charge in [-0.1, -0.05) is 24.3 Å². The number of morpholine rings is 1. The van der Waals surface area contributed by atoms with E-state index in [1.165, 1.54) is 10.5 Å². The molecule has 2 fully saturated rings. The molecule has 168 valence electrons. The van der Waals surface area contributed by atoms with E-state index in [1.54, 1.807) is 0 Å². The summed E-state index contributed by atoms with van der Waals surface area (Å²) in [4.78, 5) is 28.8. The Kier molecular flexibility index (Phi) is 6.09. The van der Waals surface area contributed by atoms with Crippen LogP contribution in [0.2, 0.25) is 19.6 Å². The number of β-lactam (4-membered cyclic amide) rings is 1. The molecular formula is C23H32N2O5Si. The van der Waals surface area contributed by atoms with Gasteiger partial charge < -0.3 is 19.2 Å². The van der Waals surface area contributed by atoms with Crippen LogP contribution in [0.4, 0.5) is 0 Å². The number of fused-ring (bicyclic) bond motifs is 1. The lowest BCUT2D eigenvalue weighted by molar-refractivity contribution is -0.160. The molecular weight excluding hydrogens is 412 g/mol. The molecule has 31 heavy (non-hydrogen) atoms. The third-order valence-electron chi connectivity index (χ3n) is 6.27. The van der Waals surface area contributed by atoms with Gasteiger partial charge in [-0.3, -0.25) is 9.69 Å². The molecule has 1 N–H and O–H groups in total. The highest BCUT2D eigenvalue weighted by atomic mass is 28.4. The number of aliphatic carboxylic acids is 1. The molecule has 4 rings (SSSR count). The van der Waals surface area contributed by atoms with E-state index in [2.05, 4.69) is 36.7 Å². The zero-order chi connectivity index (χ0) is 22.3. The van der Waals surface area contributed by atoms with Crippen LogP contribution in [-0.2, 0) is 25.3 Å². The van der Waals surface area contributed by atoms with Crippen molar-refractivity contribution >= 4 is 25.8 Å². The van der Waals surface area contributed by atoms with Crippen LogP contribution in [0.5, 0.6) is 0 Å². The largest absolute Gasteiger partial charge is 0.477 e. The molecule has 0 aliphatic carbocycles. The first-order valence-electron chi connectivity index (χ1n) is 11.0. The summed E-state index contributed by atoms with van der Waals surface area (Å²) in [6, 6.07) is 7.96. The summed E-state index contributed by atoms with van der Waals surface area (Å²) < 4.78 is 11.6. The van der Waals surface area contributed by atoms with Gasteiger partial charge in [0.15, 0.2) is 8.32 Å². The van der Waals surface area contributed by atoms with Crippen LogP contribution < -0.4 is 0 Å². The second-order valence-electron chi connectivity index (χ2n) is 9.66. The first-order valence-corrected chi connectivity index (χ1v) is 14.4. The Morgan fingerprint density at radius 3 is 2.45 bits per heavy atom. The normalized spacial score (nSPS) is 25.4. The van der Waals surface area contributed by atoms with E-state index in [-0.39, 0.29) is 29.7 Å². The number of benzene rings is 1. The Labute approximate surface area is 184 Å². The highest BCUT2D eigenvalue weighted by Crippen LogP contribution is 2.47. The molecule has 7 nitrogen and oxygen atoms in total. The monoisotopic (exact) mass is 444 g/mol. The number of hydrogen-bond acceptors (Lipinski definition) is 5. The number of carbonyl (C=O) groups excluding carboxylic acids is 1. The number of nitrogens with zero attached hydrogens (tertiary/aromatic N) is 2. The fourth-order valence-electron chi connectivity index (χ4n) is 4.97. The number of rotatable bonds is 7. The minimum atomic E-state index is -1.80.